The van der Waals surface area contributed by atoms with E-state index in [0.29, 0.717) is 11.1 Å². The fourth-order valence-electron chi connectivity index (χ4n) is 4.02. The van der Waals surface area contributed by atoms with Gasteiger partial charge in [-0.1, -0.05) is 53.4 Å². The van der Waals surface area contributed by atoms with Crippen LogP contribution < -0.4 is 36.6 Å². The van der Waals surface area contributed by atoms with Gasteiger partial charge in [0.2, 0.25) is 0 Å². The van der Waals surface area contributed by atoms with Crippen molar-refractivity contribution < 1.29 is 21.4 Å². The second-order valence-electron chi connectivity index (χ2n) is 7.78. The van der Waals surface area contributed by atoms with Crippen molar-refractivity contribution in [3.05, 3.63) is 96.0 Å². The van der Waals surface area contributed by atoms with Crippen molar-refractivity contribution in [2.45, 2.75) is 31.3 Å². The average molecular weight is 532 g/mol. The Hall–Kier alpha value is -2.39. The van der Waals surface area contributed by atoms with Crippen molar-refractivity contribution in [1.82, 2.24) is 4.57 Å². The van der Waals surface area contributed by atoms with Crippen LogP contribution in [0.4, 0.5) is 10.1 Å². The first-order valence-electron chi connectivity index (χ1n) is 10.7. The number of anilines is 1. The highest BCUT2D eigenvalue weighted by molar-refractivity contribution is 8.08. The number of rotatable bonds is 4. The summed E-state index contributed by atoms with van der Waals surface area (Å²) >= 11 is 4.61. The van der Waals surface area contributed by atoms with Gasteiger partial charge >= 0.3 is 0 Å². The second-order valence-corrected chi connectivity index (χ2v) is 10.8. The molecular formula is C25H23ClFN3OS3. The van der Waals surface area contributed by atoms with Crippen molar-refractivity contribution in [2.24, 2.45) is 0 Å². The molecule has 176 valence electrons. The van der Waals surface area contributed by atoms with E-state index in [-0.39, 0.29) is 29.8 Å². The molecule has 1 aliphatic heterocycles. The quantitative estimate of drug-likeness (QED) is 0.370. The Morgan fingerprint density at radius 1 is 1.18 bits per heavy atom. The summed E-state index contributed by atoms with van der Waals surface area (Å²) in [4.78, 5) is 16.2. The molecule has 0 radical (unpaired) electrons. The molecular weight excluding hydrogens is 509 g/mol. The van der Waals surface area contributed by atoms with E-state index in [1.165, 1.54) is 40.8 Å². The molecule has 0 N–H and O–H groups in total. The first-order chi connectivity index (χ1) is 16.0. The lowest BCUT2D eigenvalue weighted by Gasteiger charge is -2.12. The van der Waals surface area contributed by atoms with Crippen molar-refractivity contribution in [2.75, 3.05) is 11.9 Å². The molecule has 0 aliphatic carbocycles. The summed E-state index contributed by atoms with van der Waals surface area (Å²) in [6.07, 6.45) is 4.20. The number of thiazole rings is 2. The van der Waals surface area contributed by atoms with Crippen molar-refractivity contribution in [3.63, 3.8) is 0 Å². The highest BCUT2D eigenvalue weighted by Gasteiger charge is 2.26. The topological polar surface area (TPSA) is 29.1 Å². The summed E-state index contributed by atoms with van der Waals surface area (Å²) in [5, 5.41) is 4.02. The van der Waals surface area contributed by atoms with Crippen LogP contribution in [-0.2, 0) is 6.54 Å². The molecule has 0 saturated heterocycles. The Balaban J connectivity index is 0.00000274. The third kappa shape index (κ3) is 4.35. The van der Waals surface area contributed by atoms with Crippen molar-refractivity contribution >= 4 is 51.2 Å². The van der Waals surface area contributed by atoms with Crippen LogP contribution in [-0.4, -0.2) is 11.6 Å². The van der Waals surface area contributed by atoms with Gasteiger partial charge in [0, 0.05) is 31.0 Å². The van der Waals surface area contributed by atoms with Gasteiger partial charge in [-0.25, -0.2) is 4.39 Å². The molecule has 5 rings (SSSR count). The van der Waals surface area contributed by atoms with Gasteiger partial charge in [0.05, 0.1) is 17.1 Å². The number of aromatic nitrogens is 2. The molecule has 0 amide bonds. The Morgan fingerprint density at radius 3 is 2.68 bits per heavy atom. The molecule has 1 atom stereocenters. The van der Waals surface area contributed by atoms with Gasteiger partial charge in [0.15, 0.2) is 12.2 Å². The standard InChI is InChI=1S/C25H23FN3OS3.ClH/c1-4-28-22(15-21-29(12-13-31-21)16(2)17-8-6-5-7-9-17)33-23(24(28)30)25-27(3)19-11-10-18(26)14-20(19)32-25;/h5-16H,4H2,1-3H3;1H/q+1;/p-1/b25-23+;/t16-;/m1./s1. The van der Waals surface area contributed by atoms with Gasteiger partial charge in [-0.2, -0.15) is 4.57 Å². The zero-order valence-electron chi connectivity index (χ0n) is 18.9. The Bertz CT molecular complexity index is 1510. The molecule has 0 saturated carbocycles. The van der Waals surface area contributed by atoms with Crippen molar-refractivity contribution in [1.29, 1.82) is 0 Å². The van der Waals surface area contributed by atoms with Gasteiger partial charge < -0.3 is 17.3 Å². The van der Waals surface area contributed by atoms with Gasteiger partial charge in [0.1, 0.15) is 20.0 Å². The molecule has 0 bridgehead atoms. The predicted octanol–water partition coefficient (Wildman–Crippen LogP) is 1.17. The fourth-order valence-corrected chi connectivity index (χ4v) is 7.43. The minimum absolute atomic E-state index is 0. The van der Waals surface area contributed by atoms with E-state index in [4.69, 9.17) is 0 Å². The van der Waals surface area contributed by atoms with Crippen LogP contribution in [0.1, 0.15) is 30.5 Å². The molecule has 4 aromatic rings. The molecule has 0 unspecified atom stereocenters. The number of halogens is 2. The Morgan fingerprint density at radius 2 is 1.94 bits per heavy atom. The monoisotopic (exact) mass is 531 g/mol. The SMILES string of the molecule is CCn1c(=O)/c(=C2\Sc3cc(F)ccc3N2C)s/c1=C\c1scc[n+]1[C@H](C)c1ccccc1.[Cl-]. The maximum atomic E-state index is 13.7. The van der Waals surface area contributed by atoms with E-state index >= 15 is 0 Å². The summed E-state index contributed by atoms with van der Waals surface area (Å²) < 4.78 is 19.4. The fraction of sp³-hybridized carbons (Fsp3) is 0.200. The number of nitrogens with zero attached hydrogens (tertiary/aromatic N) is 3. The molecule has 9 heteroatoms. The summed E-state index contributed by atoms with van der Waals surface area (Å²) in [5.74, 6) is -0.267. The smallest absolute Gasteiger partial charge is 0.271 e. The number of fused-ring (bicyclic) bond motifs is 1. The molecule has 0 fully saturated rings. The minimum atomic E-state index is -0.267. The first-order valence-corrected chi connectivity index (χ1v) is 13.2. The molecule has 1 aliphatic rings. The maximum absolute atomic E-state index is 13.7. The molecule has 4 nitrogen and oxygen atoms in total. The van der Waals surface area contributed by atoms with Gasteiger partial charge in [-0.3, -0.25) is 9.36 Å². The number of hydrogen-bond donors (Lipinski definition) is 0. The minimum Gasteiger partial charge on any atom is -1.00 e. The molecule has 34 heavy (non-hydrogen) atoms. The second kappa shape index (κ2) is 10.1. The van der Waals surface area contributed by atoms with Crippen LogP contribution in [0, 0.1) is 5.82 Å². The van der Waals surface area contributed by atoms with E-state index in [1.807, 2.05) is 29.5 Å². The summed E-state index contributed by atoms with van der Waals surface area (Å²) in [6.45, 7) is 4.76. The van der Waals surface area contributed by atoms with Crippen LogP contribution in [0.3, 0.4) is 0 Å². The molecule has 2 aromatic heterocycles. The van der Waals surface area contributed by atoms with E-state index < -0.39 is 0 Å². The van der Waals surface area contributed by atoms with E-state index in [1.54, 1.807) is 17.4 Å². The highest BCUT2D eigenvalue weighted by Crippen LogP contribution is 2.45. The highest BCUT2D eigenvalue weighted by atomic mass is 35.5. The van der Waals surface area contributed by atoms with Crippen molar-refractivity contribution in [3.8, 4) is 0 Å². The molecule has 2 aromatic carbocycles. The largest absolute Gasteiger partial charge is 1.00 e. The summed E-state index contributed by atoms with van der Waals surface area (Å²) in [7, 11) is 1.93. The first kappa shape index (κ1) is 24.7. The van der Waals surface area contributed by atoms with E-state index in [2.05, 4.69) is 53.4 Å². The van der Waals surface area contributed by atoms with Crippen LogP contribution in [0.25, 0.3) is 11.1 Å². The average Bonchev–Trinajstić information content (AvgIpc) is 3.50. The molecule has 3 heterocycles. The zero-order valence-corrected chi connectivity index (χ0v) is 22.1. The number of thioether (sulfide) groups is 1. The number of hydrogen-bond acceptors (Lipinski definition) is 5. The summed E-state index contributed by atoms with van der Waals surface area (Å²) in [6, 6.07) is 15.3. The third-order valence-corrected chi connectivity index (χ3v) is 9.12. The Labute approximate surface area is 215 Å². The maximum Gasteiger partial charge on any atom is 0.271 e. The van der Waals surface area contributed by atoms with Gasteiger partial charge in [0.25, 0.3) is 10.6 Å². The van der Waals surface area contributed by atoms with Crippen LogP contribution in [0.15, 0.2) is 69.8 Å². The predicted molar refractivity (Wildman–Crippen MR) is 136 cm³/mol. The normalized spacial score (nSPS) is 15.9. The van der Waals surface area contributed by atoms with Gasteiger partial charge in [-0.05, 0) is 25.1 Å². The molecule has 0 spiro atoms. The summed E-state index contributed by atoms with van der Waals surface area (Å²) in [5.41, 5.74) is 2.15. The lowest BCUT2D eigenvalue weighted by molar-refractivity contribution is -0.707. The lowest BCUT2D eigenvalue weighted by Crippen LogP contribution is -3.00. The number of benzene rings is 2. The van der Waals surface area contributed by atoms with E-state index in [9.17, 15) is 9.18 Å². The third-order valence-electron chi connectivity index (χ3n) is 5.83. The van der Waals surface area contributed by atoms with Crippen LogP contribution in [0.2, 0.25) is 0 Å². The van der Waals surface area contributed by atoms with E-state index in [0.717, 1.165) is 25.3 Å². The van der Waals surface area contributed by atoms with Crippen LogP contribution >= 0.6 is 34.4 Å². The zero-order chi connectivity index (χ0) is 23.1. The lowest BCUT2D eigenvalue weighted by atomic mass is 10.1. The Kier molecular flexibility index (Phi) is 7.33. The van der Waals surface area contributed by atoms with Crippen LogP contribution in [0.5, 0.6) is 0 Å². The van der Waals surface area contributed by atoms with Gasteiger partial charge in [-0.15, -0.1) is 11.3 Å².